The number of nitrogens with one attached hydrogen (secondary N) is 1. The minimum absolute atomic E-state index is 0.225. The van der Waals surface area contributed by atoms with Crippen molar-refractivity contribution in [3.05, 3.63) is 46.7 Å². The van der Waals surface area contributed by atoms with E-state index in [0.717, 1.165) is 11.3 Å². The van der Waals surface area contributed by atoms with Crippen molar-refractivity contribution >= 4 is 17.5 Å². The van der Waals surface area contributed by atoms with Gasteiger partial charge in [-0.2, -0.15) is 5.10 Å². The van der Waals surface area contributed by atoms with E-state index in [1.54, 1.807) is 36.1 Å². The molecule has 2 aromatic rings. The number of carbonyl (C=O) groups is 1. The van der Waals surface area contributed by atoms with E-state index >= 15 is 0 Å². The van der Waals surface area contributed by atoms with Crippen LogP contribution in [-0.4, -0.2) is 22.7 Å². The number of halogens is 1. The van der Waals surface area contributed by atoms with Crippen LogP contribution in [0.1, 0.15) is 16.1 Å². The van der Waals surface area contributed by atoms with Crippen molar-refractivity contribution in [3.63, 3.8) is 0 Å². The van der Waals surface area contributed by atoms with Gasteiger partial charge in [-0.1, -0.05) is 11.6 Å². The largest absolute Gasteiger partial charge is 0.354 e. The standard InChI is InChI=1S/C12H13ClN4O/c1-15-12(18)10-4-5-17(16-10)11-3-2-9(13)6-8(11)7-14/h2-6H,7,14H2,1H3,(H,15,18). The van der Waals surface area contributed by atoms with E-state index in [-0.39, 0.29) is 5.91 Å². The fourth-order valence-corrected chi connectivity index (χ4v) is 1.84. The number of hydrogen-bond donors (Lipinski definition) is 2. The Kier molecular flexibility index (Phi) is 3.64. The van der Waals surface area contributed by atoms with Crippen LogP contribution in [0.15, 0.2) is 30.5 Å². The predicted molar refractivity (Wildman–Crippen MR) is 69.9 cm³/mol. The Bertz CT molecular complexity index is 579. The monoisotopic (exact) mass is 264 g/mol. The Hall–Kier alpha value is -1.85. The van der Waals surface area contributed by atoms with Gasteiger partial charge in [-0.3, -0.25) is 4.79 Å². The smallest absolute Gasteiger partial charge is 0.271 e. The molecule has 6 heteroatoms. The zero-order valence-corrected chi connectivity index (χ0v) is 10.6. The molecule has 1 amide bonds. The average molecular weight is 265 g/mol. The van der Waals surface area contributed by atoms with Crippen molar-refractivity contribution in [1.82, 2.24) is 15.1 Å². The summed E-state index contributed by atoms with van der Waals surface area (Å²) in [6.45, 7) is 0.352. The van der Waals surface area contributed by atoms with E-state index < -0.39 is 0 Å². The van der Waals surface area contributed by atoms with Gasteiger partial charge in [0.25, 0.3) is 5.91 Å². The molecule has 1 heterocycles. The maximum absolute atomic E-state index is 11.4. The van der Waals surface area contributed by atoms with Crippen molar-refractivity contribution in [2.24, 2.45) is 5.73 Å². The molecule has 0 fully saturated rings. The summed E-state index contributed by atoms with van der Waals surface area (Å²) in [5, 5.41) is 7.34. The highest BCUT2D eigenvalue weighted by atomic mass is 35.5. The van der Waals surface area contributed by atoms with Crippen LogP contribution < -0.4 is 11.1 Å². The van der Waals surface area contributed by atoms with Crippen molar-refractivity contribution in [2.45, 2.75) is 6.54 Å². The third-order valence-electron chi connectivity index (χ3n) is 2.56. The first-order valence-electron chi connectivity index (χ1n) is 5.42. The predicted octanol–water partition coefficient (Wildman–Crippen LogP) is 1.34. The van der Waals surface area contributed by atoms with Gasteiger partial charge in [0.15, 0.2) is 5.69 Å². The molecule has 18 heavy (non-hydrogen) atoms. The lowest BCUT2D eigenvalue weighted by Crippen LogP contribution is -2.18. The summed E-state index contributed by atoms with van der Waals surface area (Å²) in [7, 11) is 1.56. The summed E-state index contributed by atoms with van der Waals surface area (Å²) in [5.41, 5.74) is 7.71. The molecule has 3 N–H and O–H groups in total. The van der Waals surface area contributed by atoms with Crippen molar-refractivity contribution in [2.75, 3.05) is 7.05 Å². The first kappa shape index (κ1) is 12.6. The van der Waals surface area contributed by atoms with Crippen molar-refractivity contribution in [3.8, 4) is 5.69 Å². The van der Waals surface area contributed by atoms with Gasteiger partial charge in [-0.25, -0.2) is 4.68 Å². The summed E-state index contributed by atoms with van der Waals surface area (Å²) >= 11 is 5.91. The summed E-state index contributed by atoms with van der Waals surface area (Å²) in [6.07, 6.45) is 1.72. The molecule has 0 atom stereocenters. The summed E-state index contributed by atoms with van der Waals surface area (Å²) in [6, 6.07) is 7.02. The molecule has 0 aliphatic heterocycles. The third-order valence-corrected chi connectivity index (χ3v) is 2.79. The molecule has 2 rings (SSSR count). The van der Waals surface area contributed by atoms with Crippen LogP contribution in [0.25, 0.3) is 5.69 Å². The first-order valence-corrected chi connectivity index (χ1v) is 5.80. The molecule has 1 aromatic carbocycles. The Morgan fingerprint density at radius 1 is 1.50 bits per heavy atom. The molecule has 0 bridgehead atoms. The first-order chi connectivity index (χ1) is 8.65. The SMILES string of the molecule is CNC(=O)c1ccn(-c2ccc(Cl)cc2CN)n1. The lowest BCUT2D eigenvalue weighted by atomic mass is 10.2. The molecule has 0 unspecified atom stereocenters. The molecule has 5 nitrogen and oxygen atoms in total. The van der Waals surface area contributed by atoms with Crippen molar-refractivity contribution in [1.29, 1.82) is 0 Å². The van der Waals surface area contributed by atoms with Gasteiger partial charge in [0.05, 0.1) is 5.69 Å². The fraction of sp³-hybridized carbons (Fsp3) is 0.167. The van der Waals surface area contributed by atoms with Gasteiger partial charge in [0, 0.05) is 24.8 Å². The second-order valence-corrected chi connectivity index (χ2v) is 4.14. The van der Waals surface area contributed by atoms with Crippen LogP contribution in [-0.2, 0) is 6.54 Å². The van der Waals surface area contributed by atoms with E-state index in [2.05, 4.69) is 10.4 Å². The van der Waals surface area contributed by atoms with Gasteiger partial charge in [0.2, 0.25) is 0 Å². The molecule has 0 saturated carbocycles. The quantitative estimate of drug-likeness (QED) is 0.879. The molecule has 0 aliphatic rings. The Balaban J connectivity index is 2.42. The van der Waals surface area contributed by atoms with Gasteiger partial charge in [-0.05, 0) is 29.8 Å². The van der Waals surface area contributed by atoms with Crippen molar-refractivity contribution < 1.29 is 4.79 Å². The number of nitrogens with zero attached hydrogens (tertiary/aromatic N) is 2. The number of hydrogen-bond acceptors (Lipinski definition) is 3. The lowest BCUT2D eigenvalue weighted by molar-refractivity contribution is 0.0957. The Labute approximate surface area is 110 Å². The lowest BCUT2D eigenvalue weighted by Gasteiger charge is -2.08. The van der Waals surface area contributed by atoms with Gasteiger partial charge in [0.1, 0.15) is 0 Å². The zero-order chi connectivity index (χ0) is 13.1. The van der Waals surface area contributed by atoms with Gasteiger partial charge < -0.3 is 11.1 Å². The molecule has 0 spiro atoms. The number of nitrogens with two attached hydrogens (primary N) is 1. The number of rotatable bonds is 3. The summed E-state index contributed by atoms with van der Waals surface area (Å²) in [4.78, 5) is 11.4. The second kappa shape index (κ2) is 5.20. The maximum Gasteiger partial charge on any atom is 0.271 e. The summed E-state index contributed by atoms with van der Waals surface area (Å²) in [5.74, 6) is -0.225. The van der Waals surface area contributed by atoms with E-state index in [0.29, 0.717) is 17.3 Å². The van der Waals surface area contributed by atoms with Crippen LogP contribution in [0, 0.1) is 0 Å². The molecule has 0 saturated heterocycles. The highest BCUT2D eigenvalue weighted by Gasteiger charge is 2.10. The highest BCUT2D eigenvalue weighted by Crippen LogP contribution is 2.19. The van der Waals surface area contributed by atoms with Gasteiger partial charge in [-0.15, -0.1) is 0 Å². The second-order valence-electron chi connectivity index (χ2n) is 3.70. The molecule has 1 aromatic heterocycles. The number of amides is 1. The molecule has 94 valence electrons. The Morgan fingerprint density at radius 2 is 2.28 bits per heavy atom. The normalized spacial score (nSPS) is 10.4. The molecular formula is C12H13ClN4O. The van der Waals surface area contributed by atoms with Crippen LogP contribution >= 0.6 is 11.6 Å². The van der Waals surface area contributed by atoms with Crippen LogP contribution in [0.5, 0.6) is 0 Å². The van der Waals surface area contributed by atoms with E-state index in [1.807, 2.05) is 6.07 Å². The van der Waals surface area contributed by atoms with E-state index in [9.17, 15) is 4.79 Å². The fourth-order valence-electron chi connectivity index (χ4n) is 1.65. The van der Waals surface area contributed by atoms with Crippen LogP contribution in [0.2, 0.25) is 5.02 Å². The average Bonchev–Trinajstić information content (AvgIpc) is 2.87. The topological polar surface area (TPSA) is 72.9 Å². The van der Waals surface area contributed by atoms with Gasteiger partial charge >= 0.3 is 0 Å². The maximum atomic E-state index is 11.4. The summed E-state index contributed by atoms with van der Waals surface area (Å²) < 4.78 is 1.61. The zero-order valence-electron chi connectivity index (χ0n) is 9.85. The Morgan fingerprint density at radius 3 is 2.94 bits per heavy atom. The minimum atomic E-state index is -0.225. The van der Waals surface area contributed by atoms with E-state index in [4.69, 9.17) is 17.3 Å². The number of benzene rings is 1. The number of aromatic nitrogens is 2. The highest BCUT2D eigenvalue weighted by molar-refractivity contribution is 6.30. The number of carbonyl (C=O) groups excluding carboxylic acids is 1. The molecule has 0 radical (unpaired) electrons. The third kappa shape index (κ3) is 2.37. The molecule has 0 aliphatic carbocycles. The molecular weight excluding hydrogens is 252 g/mol. The van der Waals surface area contributed by atoms with Crippen LogP contribution in [0.3, 0.4) is 0 Å². The minimum Gasteiger partial charge on any atom is -0.354 e. The van der Waals surface area contributed by atoms with E-state index in [1.165, 1.54) is 0 Å². The van der Waals surface area contributed by atoms with Crippen LogP contribution in [0.4, 0.5) is 0 Å².